The lowest BCUT2D eigenvalue weighted by molar-refractivity contribution is 0.404. The first-order chi connectivity index (χ1) is 7.47. The normalized spacial score (nSPS) is 27.4. The van der Waals surface area contributed by atoms with Crippen molar-refractivity contribution >= 4 is 10.0 Å². The fourth-order valence-electron chi connectivity index (χ4n) is 2.32. The van der Waals surface area contributed by atoms with E-state index in [0.717, 1.165) is 19.5 Å². The Labute approximate surface area is 99.5 Å². The predicted octanol–water partition coefficient (Wildman–Crippen LogP) is 1.05. The van der Waals surface area contributed by atoms with Crippen molar-refractivity contribution in [2.24, 2.45) is 5.92 Å². The molecule has 5 heteroatoms. The minimum Gasteiger partial charge on any atom is -0.317 e. The van der Waals surface area contributed by atoms with Crippen LogP contribution < -0.4 is 5.32 Å². The molecule has 16 heavy (non-hydrogen) atoms. The van der Waals surface area contributed by atoms with Gasteiger partial charge in [-0.05, 0) is 38.8 Å². The van der Waals surface area contributed by atoms with E-state index in [4.69, 9.17) is 0 Å². The summed E-state index contributed by atoms with van der Waals surface area (Å²) in [5.41, 5.74) is 0. The fourth-order valence-corrected chi connectivity index (χ4v) is 4.18. The third-order valence-corrected chi connectivity index (χ3v) is 5.12. The molecule has 1 N–H and O–H groups in total. The van der Waals surface area contributed by atoms with E-state index in [1.807, 2.05) is 13.8 Å². The minimum atomic E-state index is -3.03. The van der Waals surface area contributed by atoms with Crippen molar-refractivity contribution in [2.75, 3.05) is 25.4 Å². The van der Waals surface area contributed by atoms with E-state index in [9.17, 15) is 8.42 Å². The van der Waals surface area contributed by atoms with Gasteiger partial charge >= 0.3 is 0 Å². The topological polar surface area (TPSA) is 49.4 Å². The van der Waals surface area contributed by atoms with Gasteiger partial charge in [-0.3, -0.25) is 0 Å². The van der Waals surface area contributed by atoms with Crippen molar-refractivity contribution in [1.82, 2.24) is 9.62 Å². The van der Waals surface area contributed by atoms with Gasteiger partial charge in [0.1, 0.15) is 0 Å². The molecular formula is C11H24N2O2S. The van der Waals surface area contributed by atoms with Crippen molar-refractivity contribution in [2.45, 2.75) is 39.7 Å². The molecule has 0 aromatic rings. The summed E-state index contributed by atoms with van der Waals surface area (Å²) in [6, 6.07) is 0.180. The number of nitrogens with zero attached hydrogens (tertiary/aromatic N) is 1. The highest BCUT2D eigenvalue weighted by Gasteiger charge is 2.34. The Balaban J connectivity index is 2.44. The standard InChI is InChI=1S/C11H24N2O2S/c1-4-12-6-5-7-16(14,15)13-9-10(2)8-11(13)3/h10-12H,4-9H2,1-3H3. The third-order valence-electron chi connectivity index (χ3n) is 3.09. The van der Waals surface area contributed by atoms with Gasteiger partial charge in [0.05, 0.1) is 5.75 Å². The highest BCUT2D eigenvalue weighted by molar-refractivity contribution is 7.89. The van der Waals surface area contributed by atoms with E-state index >= 15 is 0 Å². The molecule has 2 atom stereocenters. The number of rotatable bonds is 6. The van der Waals surface area contributed by atoms with Gasteiger partial charge in [-0.2, -0.15) is 4.31 Å². The number of hydrogen-bond acceptors (Lipinski definition) is 3. The first-order valence-electron chi connectivity index (χ1n) is 6.17. The molecule has 4 nitrogen and oxygen atoms in total. The molecule has 1 aliphatic rings. The van der Waals surface area contributed by atoms with E-state index in [0.29, 0.717) is 18.9 Å². The van der Waals surface area contributed by atoms with E-state index < -0.39 is 10.0 Å². The number of nitrogens with one attached hydrogen (secondary N) is 1. The molecular weight excluding hydrogens is 224 g/mol. The van der Waals surface area contributed by atoms with Crippen LogP contribution in [0, 0.1) is 5.92 Å². The Morgan fingerprint density at radius 1 is 1.38 bits per heavy atom. The fraction of sp³-hybridized carbons (Fsp3) is 1.00. The maximum atomic E-state index is 12.1. The van der Waals surface area contributed by atoms with Crippen LogP contribution >= 0.6 is 0 Å². The summed E-state index contributed by atoms with van der Waals surface area (Å²) in [5.74, 6) is 0.774. The highest BCUT2D eigenvalue weighted by Crippen LogP contribution is 2.25. The highest BCUT2D eigenvalue weighted by atomic mass is 32.2. The van der Waals surface area contributed by atoms with E-state index in [1.54, 1.807) is 4.31 Å². The molecule has 1 aliphatic heterocycles. The minimum absolute atomic E-state index is 0.180. The van der Waals surface area contributed by atoms with E-state index in [2.05, 4.69) is 12.2 Å². The van der Waals surface area contributed by atoms with Gasteiger partial charge in [0.25, 0.3) is 0 Å². The van der Waals surface area contributed by atoms with Crippen molar-refractivity contribution in [3.8, 4) is 0 Å². The summed E-state index contributed by atoms with van der Waals surface area (Å²) in [5, 5.41) is 3.15. The van der Waals surface area contributed by atoms with Crippen molar-refractivity contribution < 1.29 is 8.42 Å². The van der Waals surface area contributed by atoms with Crippen molar-refractivity contribution in [1.29, 1.82) is 0 Å². The number of hydrogen-bond donors (Lipinski definition) is 1. The Hall–Kier alpha value is -0.130. The third kappa shape index (κ3) is 3.71. The summed E-state index contributed by atoms with van der Waals surface area (Å²) >= 11 is 0. The van der Waals surface area contributed by atoms with Gasteiger partial charge in [0.2, 0.25) is 10.0 Å². The van der Waals surface area contributed by atoms with Gasteiger partial charge in [-0.15, -0.1) is 0 Å². The zero-order chi connectivity index (χ0) is 12.2. The van der Waals surface area contributed by atoms with Crippen LogP contribution in [-0.2, 0) is 10.0 Å². The molecule has 96 valence electrons. The second-order valence-electron chi connectivity index (χ2n) is 4.78. The summed E-state index contributed by atoms with van der Waals surface area (Å²) in [7, 11) is -3.03. The lowest BCUT2D eigenvalue weighted by atomic mass is 10.1. The first-order valence-corrected chi connectivity index (χ1v) is 7.78. The molecule has 1 rings (SSSR count). The zero-order valence-electron chi connectivity index (χ0n) is 10.6. The Morgan fingerprint density at radius 3 is 2.56 bits per heavy atom. The van der Waals surface area contributed by atoms with Gasteiger partial charge in [-0.1, -0.05) is 13.8 Å². The van der Waals surface area contributed by atoms with Gasteiger partial charge in [0.15, 0.2) is 0 Å². The zero-order valence-corrected chi connectivity index (χ0v) is 11.4. The molecule has 0 aromatic heterocycles. The molecule has 1 fully saturated rings. The molecule has 0 saturated carbocycles. The van der Waals surface area contributed by atoms with Crippen molar-refractivity contribution in [3.63, 3.8) is 0 Å². The van der Waals surface area contributed by atoms with Crippen molar-refractivity contribution in [3.05, 3.63) is 0 Å². The Kier molecular flexibility index (Phi) is 5.21. The second kappa shape index (κ2) is 5.98. The SMILES string of the molecule is CCNCCCS(=O)(=O)N1CC(C)CC1C. The van der Waals surface area contributed by atoms with Crippen LogP contribution in [0.3, 0.4) is 0 Å². The predicted molar refractivity (Wildman–Crippen MR) is 66.9 cm³/mol. The average Bonchev–Trinajstić information content (AvgIpc) is 2.53. The Bertz CT molecular complexity index is 303. The molecule has 0 radical (unpaired) electrons. The van der Waals surface area contributed by atoms with Crippen LogP contribution in [0.2, 0.25) is 0 Å². The largest absolute Gasteiger partial charge is 0.317 e. The smallest absolute Gasteiger partial charge is 0.214 e. The molecule has 0 aromatic carbocycles. The maximum absolute atomic E-state index is 12.1. The molecule has 0 bridgehead atoms. The molecule has 0 spiro atoms. The van der Waals surface area contributed by atoms with Crippen LogP contribution in [0.25, 0.3) is 0 Å². The molecule has 2 unspecified atom stereocenters. The van der Waals surface area contributed by atoms with Crippen LogP contribution in [0.1, 0.15) is 33.6 Å². The molecule has 1 saturated heterocycles. The van der Waals surface area contributed by atoms with E-state index in [1.165, 1.54) is 0 Å². The Morgan fingerprint density at radius 2 is 2.06 bits per heavy atom. The second-order valence-corrected chi connectivity index (χ2v) is 6.82. The van der Waals surface area contributed by atoms with Gasteiger partial charge in [-0.25, -0.2) is 8.42 Å². The van der Waals surface area contributed by atoms with E-state index in [-0.39, 0.29) is 11.8 Å². The van der Waals surface area contributed by atoms with Crippen LogP contribution in [0.5, 0.6) is 0 Å². The summed E-state index contributed by atoms with van der Waals surface area (Å²) in [4.78, 5) is 0. The molecule has 1 heterocycles. The van der Waals surface area contributed by atoms with Gasteiger partial charge in [0, 0.05) is 12.6 Å². The summed E-state index contributed by atoms with van der Waals surface area (Å²) in [6.07, 6.45) is 1.69. The average molecular weight is 248 g/mol. The van der Waals surface area contributed by atoms with Crippen LogP contribution in [-0.4, -0.2) is 44.2 Å². The lowest BCUT2D eigenvalue weighted by Crippen LogP contribution is -2.36. The number of sulfonamides is 1. The van der Waals surface area contributed by atoms with Gasteiger partial charge < -0.3 is 5.32 Å². The summed E-state index contributed by atoms with van der Waals surface area (Å²) < 4.78 is 25.8. The maximum Gasteiger partial charge on any atom is 0.214 e. The summed E-state index contributed by atoms with van der Waals surface area (Å²) in [6.45, 7) is 8.53. The first kappa shape index (κ1) is 13.9. The quantitative estimate of drug-likeness (QED) is 0.715. The van der Waals surface area contributed by atoms with Crippen LogP contribution in [0.15, 0.2) is 0 Å². The monoisotopic (exact) mass is 248 g/mol. The van der Waals surface area contributed by atoms with Crippen LogP contribution in [0.4, 0.5) is 0 Å². The molecule has 0 amide bonds. The molecule has 0 aliphatic carbocycles. The lowest BCUT2D eigenvalue weighted by Gasteiger charge is -2.20.